The number of rotatable bonds is 2. The molecule has 0 saturated heterocycles. The van der Waals surface area contributed by atoms with Gasteiger partial charge in [0.05, 0.1) is 0 Å². The van der Waals surface area contributed by atoms with Crippen molar-refractivity contribution in [3.63, 3.8) is 0 Å². The number of benzene rings is 1. The Hall–Kier alpha value is -1.04. The predicted octanol–water partition coefficient (Wildman–Crippen LogP) is 3.77. The van der Waals surface area contributed by atoms with Gasteiger partial charge in [-0.25, -0.2) is 0 Å². The van der Waals surface area contributed by atoms with Crippen LogP contribution in [0.25, 0.3) is 6.08 Å². The molecule has 1 unspecified atom stereocenters. The average Bonchev–Trinajstić information content (AvgIpc) is 2.63. The van der Waals surface area contributed by atoms with Gasteiger partial charge in [0.15, 0.2) is 0 Å². The topological polar surface area (TPSA) is 0 Å². The van der Waals surface area contributed by atoms with Crippen LogP contribution in [0.3, 0.4) is 0 Å². The zero-order valence-corrected chi connectivity index (χ0v) is 8.38. The van der Waals surface area contributed by atoms with Gasteiger partial charge < -0.3 is 0 Å². The van der Waals surface area contributed by atoms with Gasteiger partial charge in [-0.2, -0.15) is 0 Å². The third-order valence-corrected chi connectivity index (χ3v) is 3.00. The minimum absolute atomic E-state index is 0.692. The molecule has 1 aromatic rings. The molecule has 0 radical (unpaired) electrons. The van der Waals surface area contributed by atoms with Crippen LogP contribution >= 0.6 is 0 Å². The second kappa shape index (κ2) is 3.37. The van der Waals surface area contributed by atoms with E-state index in [1.165, 1.54) is 23.1 Å². The molecule has 0 aromatic heterocycles. The maximum atomic E-state index is 2.31. The molecule has 0 amide bonds. The molecule has 1 atom stereocenters. The summed E-state index contributed by atoms with van der Waals surface area (Å²) in [4.78, 5) is 0. The van der Waals surface area contributed by atoms with Crippen molar-refractivity contribution >= 4 is 6.08 Å². The van der Waals surface area contributed by atoms with Crippen LogP contribution in [-0.4, -0.2) is 0 Å². The fourth-order valence-electron chi connectivity index (χ4n) is 1.97. The minimum Gasteiger partial charge on any atom is -0.0795 e. The largest absolute Gasteiger partial charge is 0.0795 e. The highest BCUT2D eigenvalue weighted by atomic mass is 14.2. The van der Waals surface area contributed by atoms with Crippen LogP contribution in [0.2, 0.25) is 0 Å². The van der Waals surface area contributed by atoms with Crippen LogP contribution in [0.5, 0.6) is 0 Å². The van der Waals surface area contributed by atoms with Crippen molar-refractivity contribution in [2.45, 2.75) is 32.6 Å². The van der Waals surface area contributed by atoms with Crippen molar-refractivity contribution in [2.24, 2.45) is 0 Å². The Morgan fingerprint density at radius 2 is 2.23 bits per heavy atom. The Bertz CT molecular complexity index is 334. The fourth-order valence-corrected chi connectivity index (χ4v) is 1.97. The molecule has 2 rings (SSSR count). The Kier molecular flexibility index (Phi) is 2.22. The van der Waals surface area contributed by atoms with Crippen LogP contribution in [0, 0.1) is 0 Å². The van der Waals surface area contributed by atoms with Crippen molar-refractivity contribution in [1.29, 1.82) is 0 Å². The maximum absolute atomic E-state index is 2.31. The molecule has 0 spiro atoms. The van der Waals surface area contributed by atoms with Crippen molar-refractivity contribution in [3.05, 3.63) is 41.0 Å². The lowest BCUT2D eigenvalue weighted by molar-refractivity contribution is 0.731. The first kappa shape index (κ1) is 8.55. The van der Waals surface area contributed by atoms with Gasteiger partial charge >= 0.3 is 0 Å². The highest BCUT2D eigenvalue weighted by molar-refractivity contribution is 5.63. The molecule has 0 heterocycles. The maximum Gasteiger partial charge on any atom is -0.00881 e. The monoisotopic (exact) mass is 172 g/mol. The Morgan fingerprint density at radius 1 is 1.38 bits per heavy atom. The van der Waals surface area contributed by atoms with E-state index in [9.17, 15) is 0 Å². The molecule has 0 heteroatoms. The molecule has 68 valence electrons. The number of hydrogen-bond donors (Lipinski definition) is 0. The van der Waals surface area contributed by atoms with Crippen LogP contribution in [-0.2, 0) is 6.42 Å². The van der Waals surface area contributed by atoms with E-state index in [1.54, 1.807) is 0 Å². The van der Waals surface area contributed by atoms with Gasteiger partial charge in [-0.05, 0) is 35.4 Å². The van der Waals surface area contributed by atoms with Gasteiger partial charge in [0, 0.05) is 0 Å². The van der Waals surface area contributed by atoms with Crippen molar-refractivity contribution in [2.75, 3.05) is 0 Å². The van der Waals surface area contributed by atoms with E-state index < -0.39 is 0 Å². The quantitative estimate of drug-likeness (QED) is 0.637. The smallest absolute Gasteiger partial charge is 0.00881 e. The van der Waals surface area contributed by atoms with Gasteiger partial charge in [0.1, 0.15) is 0 Å². The first-order valence-electron chi connectivity index (χ1n) is 5.11. The zero-order valence-electron chi connectivity index (χ0n) is 8.38. The average molecular weight is 172 g/mol. The summed E-state index contributed by atoms with van der Waals surface area (Å²) in [7, 11) is 0. The molecule has 0 aliphatic heterocycles. The van der Waals surface area contributed by atoms with Crippen molar-refractivity contribution < 1.29 is 0 Å². The molecule has 1 aliphatic carbocycles. The highest BCUT2D eigenvalue weighted by Gasteiger charge is 2.12. The van der Waals surface area contributed by atoms with E-state index in [4.69, 9.17) is 0 Å². The van der Waals surface area contributed by atoms with Gasteiger partial charge in [-0.3, -0.25) is 0 Å². The highest BCUT2D eigenvalue weighted by Crippen LogP contribution is 2.29. The first-order valence-corrected chi connectivity index (χ1v) is 5.11. The summed E-state index contributed by atoms with van der Waals surface area (Å²) < 4.78 is 0. The standard InChI is InChI=1S/C13H16/c1-3-10(2)12-8-4-6-11-7-5-9-13(11)12/h4-6,8-10H,3,7H2,1-2H3. The Labute approximate surface area is 80.3 Å². The van der Waals surface area contributed by atoms with Crippen LogP contribution in [0.1, 0.15) is 42.9 Å². The number of fused-ring (bicyclic) bond motifs is 1. The summed E-state index contributed by atoms with van der Waals surface area (Å²) >= 11 is 0. The minimum atomic E-state index is 0.692. The molecule has 0 N–H and O–H groups in total. The van der Waals surface area contributed by atoms with Crippen LogP contribution in [0.4, 0.5) is 0 Å². The molecular formula is C13H16. The van der Waals surface area contributed by atoms with Gasteiger partial charge in [-0.15, -0.1) is 0 Å². The molecule has 1 aromatic carbocycles. The van der Waals surface area contributed by atoms with E-state index in [2.05, 4.69) is 44.2 Å². The Balaban J connectivity index is 2.46. The van der Waals surface area contributed by atoms with Gasteiger partial charge in [0.25, 0.3) is 0 Å². The van der Waals surface area contributed by atoms with Crippen molar-refractivity contribution in [1.82, 2.24) is 0 Å². The Morgan fingerprint density at radius 3 is 3.00 bits per heavy atom. The van der Waals surface area contributed by atoms with Gasteiger partial charge in [-0.1, -0.05) is 44.2 Å². The summed E-state index contributed by atoms with van der Waals surface area (Å²) in [5.74, 6) is 0.692. The van der Waals surface area contributed by atoms with Crippen LogP contribution in [0.15, 0.2) is 24.3 Å². The fraction of sp³-hybridized carbons (Fsp3) is 0.385. The second-order valence-corrected chi connectivity index (χ2v) is 3.84. The summed E-state index contributed by atoms with van der Waals surface area (Å²) in [6.07, 6.45) is 6.89. The third kappa shape index (κ3) is 1.41. The van der Waals surface area contributed by atoms with E-state index >= 15 is 0 Å². The molecule has 0 saturated carbocycles. The lowest BCUT2D eigenvalue weighted by Gasteiger charge is -2.13. The lowest BCUT2D eigenvalue weighted by Crippen LogP contribution is -1.96. The molecular weight excluding hydrogens is 156 g/mol. The predicted molar refractivity (Wildman–Crippen MR) is 57.9 cm³/mol. The SMILES string of the molecule is CCC(C)c1cccc2c1C=CC2. The van der Waals surface area contributed by atoms with Crippen LogP contribution < -0.4 is 0 Å². The second-order valence-electron chi connectivity index (χ2n) is 3.84. The molecule has 1 aliphatic rings. The van der Waals surface area contributed by atoms with Gasteiger partial charge in [0.2, 0.25) is 0 Å². The third-order valence-electron chi connectivity index (χ3n) is 3.00. The molecule has 0 nitrogen and oxygen atoms in total. The summed E-state index contributed by atoms with van der Waals surface area (Å²) in [6.45, 7) is 4.56. The van der Waals surface area contributed by atoms with E-state index in [1.807, 2.05) is 0 Å². The zero-order chi connectivity index (χ0) is 9.26. The normalized spacial score (nSPS) is 15.8. The van der Waals surface area contributed by atoms with Crippen molar-refractivity contribution in [3.8, 4) is 0 Å². The first-order chi connectivity index (χ1) is 6.33. The molecule has 0 fully saturated rings. The van der Waals surface area contributed by atoms with E-state index in [0.29, 0.717) is 5.92 Å². The molecule has 0 bridgehead atoms. The summed E-state index contributed by atoms with van der Waals surface area (Å²) in [6, 6.07) is 6.69. The number of allylic oxidation sites excluding steroid dienone is 1. The lowest BCUT2D eigenvalue weighted by atomic mass is 9.92. The summed E-state index contributed by atoms with van der Waals surface area (Å²) in [5.41, 5.74) is 4.50. The van der Waals surface area contributed by atoms with E-state index in [0.717, 1.165) is 6.42 Å². The summed E-state index contributed by atoms with van der Waals surface area (Å²) in [5, 5.41) is 0. The van der Waals surface area contributed by atoms with E-state index in [-0.39, 0.29) is 0 Å². The molecule has 13 heavy (non-hydrogen) atoms. The number of hydrogen-bond acceptors (Lipinski definition) is 0.